The van der Waals surface area contributed by atoms with E-state index in [-0.39, 0.29) is 24.2 Å². The van der Waals surface area contributed by atoms with Crippen LogP contribution in [0.3, 0.4) is 0 Å². The Labute approximate surface area is 189 Å². The number of nitrogens with one attached hydrogen (secondary N) is 1. The van der Waals surface area contributed by atoms with Crippen molar-refractivity contribution >= 4 is 11.8 Å². The number of rotatable bonds is 6. The van der Waals surface area contributed by atoms with Crippen LogP contribution >= 0.6 is 0 Å². The highest BCUT2D eigenvalue weighted by atomic mass is 19.4. The Kier molecular flexibility index (Phi) is 5.97. The van der Waals surface area contributed by atoms with Crippen LogP contribution in [0, 0.1) is 6.92 Å². The molecule has 2 amide bonds. The van der Waals surface area contributed by atoms with Crippen LogP contribution < -0.4 is 5.32 Å². The highest BCUT2D eigenvalue weighted by molar-refractivity contribution is 5.96. The Balaban J connectivity index is 1.53. The number of nitrogens with zero attached hydrogens (tertiary/aromatic N) is 3. The summed E-state index contributed by atoms with van der Waals surface area (Å²) in [6, 6.07) is 13.3. The molecule has 3 aromatic rings. The quantitative estimate of drug-likeness (QED) is 0.599. The van der Waals surface area contributed by atoms with Gasteiger partial charge in [-0.1, -0.05) is 29.8 Å². The number of amides is 2. The molecular formula is C24H23F3N4O2. The van der Waals surface area contributed by atoms with Crippen LogP contribution in [0.25, 0.3) is 5.69 Å². The molecule has 1 aliphatic carbocycles. The van der Waals surface area contributed by atoms with E-state index in [0.29, 0.717) is 11.1 Å². The molecule has 0 unspecified atom stereocenters. The largest absolute Gasteiger partial charge is 0.434 e. The lowest BCUT2D eigenvalue weighted by Crippen LogP contribution is -2.29. The molecule has 33 heavy (non-hydrogen) atoms. The smallest absolute Gasteiger partial charge is 0.349 e. The zero-order valence-corrected chi connectivity index (χ0v) is 18.2. The molecule has 172 valence electrons. The summed E-state index contributed by atoms with van der Waals surface area (Å²) in [7, 11) is 1.43. The summed E-state index contributed by atoms with van der Waals surface area (Å²) in [6.07, 6.45) is -1.86. The number of carbonyl (C=O) groups excluding carboxylic acids is 2. The number of hydrogen-bond acceptors (Lipinski definition) is 3. The molecule has 2 aromatic carbocycles. The molecule has 1 aliphatic rings. The van der Waals surface area contributed by atoms with Crippen molar-refractivity contribution in [1.82, 2.24) is 20.0 Å². The molecule has 0 bridgehead atoms. The third-order valence-corrected chi connectivity index (χ3v) is 5.44. The van der Waals surface area contributed by atoms with Crippen LogP contribution in [0.15, 0.2) is 54.7 Å². The second-order valence-electron chi connectivity index (χ2n) is 8.26. The number of aromatic nitrogens is 2. The van der Waals surface area contributed by atoms with Crippen LogP contribution in [0.2, 0.25) is 0 Å². The molecule has 4 rings (SSSR count). The van der Waals surface area contributed by atoms with Crippen LogP contribution in [-0.2, 0) is 12.7 Å². The lowest BCUT2D eigenvalue weighted by Gasteiger charge is -2.19. The van der Waals surface area contributed by atoms with Gasteiger partial charge in [0.05, 0.1) is 17.4 Å². The lowest BCUT2D eigenvalue weighted by atomic mass is 10.1. The van der Waals surface area contributed by atoms with E-state index in [0.717, 1.165) is 29.3 Å². The number of halogens is 3. The van der Waals surface area contributed by atoms with Crippen molar-refractivity contribution in [3.8, 4) is 5.69 Å². The van der Waals surface area contributed by atoms with E-state index in [4.69, 9.17) is 0 Å². The third kappa shape index (κ3) is 5.08. The fraction of sp³-hybridized carbons (Fsp3) is 0.292. The third-order valence-electron chi connectivity index (χ3n) is 5.44. The molecular weight excluding hydrogens is 433 g/mol. The minimum absolute atomic E-state index is 0.0797. The van der Waals surface area contributed by atoms with Crippen LogP contribution in [-0.4, -0.2) is 39.6 Å². The van der Waals surface area contributed by atoms with Gasteiger partial charge in [-0.3, -0.25) is 9.59 Å². The van der Waals surface area contributed by atoms with Gasteiger partial charge in [0, 0.05) is 25.2 Å². The molecule has 0 spiro atoms. The minimum Gasteiger partial charge on any atom is -0.349 e. The van der Waals surface area contributed by atoms with Crippen molar-refractivity contribution in [1.29, 1.82) is 0 Å². The van der Waals surface area contributed by atoms with Crippen molar-refractivity contribution < 1.29 is 22.8 Å². The fourth-order valence-corrected chi connectivity index (χ4v) is 3.47. The molecule has 0 saturated heterocycles. The normalized spacial score (nSPS) is 13.6. The predicted octanol–water partition coefficient (Wildman–Crippen LogP) is 4.36. The monoisotopic (exact) mass is 456 g/mol. The second-order valence-corrected chi connectivity index (χ2v) is 8.26. The fourth-order valence-electron chi connectivity index (χ4n) is 3.47. The number of carbonyl (C=O) groups is 2. The first-order chi connectivity index (χ1) is 15.6. The molecule has 0 radical (unpaired) electrons. The highest BCUT2D eigenvalue weighted by Gasteiger charge is 2.41. The van der Waals surface area contributed by atoms with E-state index in [1.54, 1.807) is 36.4 Å². The maximum absolute atomic E-state index is 13.9. The summed E-state index contributed by atoms with van der Waals surface area (Å²) in [5.41, 5.74) is 0.661. The summed E-state index contributed by atoms with van der Waals surface area (Å²) in [6.45, 7) is 1.91. The maximum Gasteiger partial charge on any atom is 0.434 e. The molecule has 1 saturated carbocycles. The van der Waals surface area contributed by atoms with E-state index in [2.05, 4.69) is 10.4 Å². The highest BCUT2D eigenvalue weighted by Crippen LogP contribution is 2.34. The Hall–Kier alpha value is -3.62. The van der Waals surface area contributed by atoms with Crippen molar-refractivity contribution in [2.75, 3.05) is 7.05 Å². The predicted molar refractivity (Wildman–Crippen MR) is 116 cm³/mol. The molecule has 1 N–H and O–H groups in total. The number of alkyl halides is 3. The number of benzene rings is 2. The Morgan fingerprint density at radius 3 is 2.30 bits per heavy atom. The zero-order valence-electron chi connectivity index (χ0n) is 18.2. The molecule has 1 aromatic heterocycles. The first kappa shape index (κ1) is 22.6. The van der Waals surface area contributed by atoms with E-state index >= 15 is 0 Å². The van der Waals surface area contributed by atoms with Crippen molar-refractivity contribution in [2.45, 2.75) is 38.5 Å². The molecule has 0 aliphatic heterocycles. The van der Waals surface area contributed by atoms with Gasteiger partial charge in [-0.15, -0.1) is 0 Å². The van der Waals surface area contributed by atoms with Crippen molar-refractivity contribution in [3.63, 3.8) is 0 Å². The summed E-state index contributed by atoms with van der Waals surface area (Å²) in [5.74, 6) is -0.956. The first-order valence-corrected chi connectivity index (χ1v) is 10.5. The van der Waals surface area contributed by atoms with Crippen molar-refractivity contribution in [2.24, 2.45) is 0 Å². The average molecular weight is 456 g/mol. The summed E-state index contributed by atoms with van der Waals surface area (Å²) in [4.78, 5) is 26.2. The second kappa shape index (κ2) is 8.73. The van der Waals surface area contributed by atoms with Gasteiger partial charge in [-0.05, 0) is 49.6 Å². The molecule has 1 heterocycles. The van der Waals surface area contributed by atoms with Gasteiger partial charge in [0.1, 0.15) is 0 Å². The number of hydrogen-bond donors (Lipinski definition) is 1. The molecule has 6 nitrogen and oxygen atoms in total. The average Bonchev–Trinajstić information content (AvgIpc) is 3.46. The van der Waals surface area contributed by atoms with Gasteiger partial charge in [0.25, 0.3) is 11.8 Å². The summed E-state index contributed by atoms with van der Waals surface area (Å²) < 4.78 is 42.5. The summed E-state index contributed by atoms with van der Waals surface area (Å²) >= 11 is 0. The van der Waals surface area contributed by atoms with Gasteiger partial charge in [-0.25, -0.2) is 4.68 Å². The van der Waals surface area contributed by atoms with Crippen LogP contribution in [0.1, 0.15) is 50.4 Å². The van der Waals surface area contributed by atoms with E-state index in [1.807, 2.05) is 6.92 Å². The van der Waals surface area contributed by atoms with Gasteiger partial charge >= 0.3 is 6.18 Å². The topological polar surface area (TPSA) is 67.2 Å². The van der Waals surface area contributed by atoms with Crippen LogP contribution in [0.5, 0.6) is 0 Å². The first-order valence-electron chi connectivity index (χ1n) is 10.5. The van der Waals surface area contributed by atoms with Gasteiger partial charge in [-0.2, -0.15) is 18.3 Å². The number of aryl methyl sites for hydroxylation is 1. The molecule has 0 atom stereocenters. The zero-order chi connectivity index (χ0) is 23.8. The molecule has 1 fully saturated rings. The van der Waals surface area contributed by atoms with Crippen molar-refractivity contribution in [3.05, 3.63) is 82.7 Å². The summed E-state index contributed by atoms with van der Waals surface area (Å²) in [5, 5.41) is 6.75. The minimum atomic E-state index is -4.77. The molecule has 9 heteroatoms. The van der Waals surface area contributed by atoms with Crippen LogP contribution in [0.4, 0.5) is 13.2 Å². The lowest BCUT2D eigenvalue weighted by molar-refractivity contribution is -0.143. The van der Waals surface area contributed by atoms with E-state index in [1.165, 1.54) is 24.1 Å². The standard InChI is InChI=1S/C24H23F3N4O2/c1-15-3-11-19(12-4-15)31-21(24(25,26)27)20(13-28-31)23(33)30(2)14-16-5-7-17(8-6-16)22(32)29-18-9-10-18/h3-8,11-13,18H,9-10,14H2,1-2H3,(H,29,32). The Morgan fingerprint density at radius 2 is 1.73 bits per heavy atom. The SMILES string of the molecule is Cc1ccc(-n2ncc(C(=O)N(C)Cc3ccc(C(=O)NC4CC4)cc3)c2C(F)(F)F)cc1. The van der Waals surface area contributed by atoms with Gasteiger partial charge < -0.3 is 10.2 Å². The van der Waals surface area contributed by atoms with Gasteiger partial charge in [0.15, 0.2) is 5.69 Å². The van der Waals surface area contributed by atoms with E-state index < -0.39 is 23.3 Å². The van der Waals surface area contributed by atoms with E-state index in [9.17, 15) is 22.8 Å². The maximum atomic E-state index is 13.9. The Morgan fingerprint density at radius 1 is 1.09 bits per heavy atom. The van der Waals surface area contributed by atoms with Gasteiger partial charge in [0.2, 0.25) is 0 Å². The Bertz CT molecular complexity index is 1160.